The molecule has 7 heteroatoms. The zero-order valence-corrected chi connectivity index (χ0v) is 16.3. The molecular formula is C19H24N2O4S. The molecule has 1 unspecified atom stereocenters. The van der Waals surface area contributed by atoms with E-state index < -0.39 is 12.0 Å². The lowest BCUT2D eigenvalue weighted by Crippen LogP contribution is -2.34. The number of anilines is 1. The lowest BCUT2D eigenvalue weighted by atomic mass is 9.78. The Labute approximate surface area is 157 Å². The average molecular weight is 376 g/mol. The van der Waals surface area contributed by atoms with E-state index in [1.807, 2.05) is 18.2 Å². The highest BCUT2D eigenvalue weighted by Crippen LogP contribution is 2.44. The van der Waals surface area contributed by atoms with Crippen molar-refractivity contribution in [3.8, 4) is 11.5 Å². The number of carboxylic acid groups (broad SMARTS) is 1. The maximum atomic E-state index is 11.3. The highest BCUT2D eigenvalue weighted by molar-refractivity contribution is 8.04. The Kier molecular flexibility index (Phi) is 5.18. The quantitative estimate of drug-likeness (QED) is 0.814. The second-order valence-electron chi connectivity index (χ2n) is 7.26. The van der Waals surface area contributed by atoms with Crippen LogP contribution in [0.4, 0.5) is 5.69 Å². The molecule has 0 spiro atoms. The van der Waals surface area contributed by atoms with E-state index in [1.54, 1.807) is 26.0 Å². The molecule has 1 aromatic carbocycles. The molecule has 0 bridgehead atoms. The standard InChI is InChI=1S/C19H24N2O4S/c1-19(2)8-12(17-13(9-19)21-14(10-26-17)18(22)23)20-11-5-6-15(24-3)16(7-11)25-4/h5-7,14,20H,8-10H2,1-4H3,(H,22,23). The van der Waals surface area contributed by atoms with Crippen LogP contribution in [-0.2, 0) is 4.79 Å². The molecule has 1 aliphatic heterocycles. The Morgan fingerprint density at radius 3 is 2.65 bits per heavy atom. The lowest BCUT2D eigenvalue weighted by Gasteiger charge is -2.36. The first-order valence-electron chi connectivity index (χ1n) is 8.48. The largest absolute Gasteiger partial charge is 0.493 e. The van der Waals surface area contributed by atoms with Gasteiger partial charge in [-0.2, -0.15) is 0 Å². The Morgan fingerprint density at radius 2 is 2.00 bits per heavy atom. The lowest BCUT2D eigenvalue weighted by molar-refractivity contribution is -0.137. The van der Waals surface area contributed by atoms with Crippen molar-refractivity contribution in [1.29, 1.82) is 0 Å². The van der Waals surface area contributed by atoms with Crippen LogP contribution in [0.5, 0.6) is 11.5 Å². The van der Waals surface area contributed by atoms with Gasteiger partial charge in [-0.1, -0.05) is 13.8 Å². The molecule has 0 saturated carbocycles. The van der Waals surface area contributed by atoms with Gasteiger partial charge in [0, 0.05) is 28.1 Å². The normalized spacial score (nSPS) is 21.5. The van der Waals surface area contributed by atoms with Crippen LogP contribution >= 0.6 is 11.8 Å². The molecule has 2 aliphatic rings. The molecule has 1 heterocycles. The number of nitrogens with zero attached hydrogens (tertiary/aromatic N) is 1. The van der Waals surface area contributed by atoms with E-state index in [-0.39, 0.29) is 5.41 Å². The highest BCUT2D eigenvalue weighted by atomic mass is 32.2. The molecule has 0 fully saturated rings. The highest BCUT2D eigenvalue weighted by Gasteiger charge is 2.36. The molecule has 6 nitrogen and oxygen atoms in total. The smallest absolute Gasteiger partial charge is 0.329 e. The number of carbonyl (C=O) groups is 1. The molecule has 1 aliphatic carbocycles. The van der Waals surface area contributed by atoms with E-state index in [0.29, 0.717) is 17.3 Å². The fourth-order valence-electron chi connectivity index (χ4n) is 3.31. The van der Waals surface area contributed by atoms with Gasteiger partial charge in [-0.15, -0.1) is 11.8 Å². The van der Waals surface area contributed by atoms with E-state index in [2.05, 4.69) is 24.2 Å². The summed E-state index contributed by atoms with van der Waals surface area (Å²) in [5.41, 5.74) is 2.90. The zero-order valence-electron chi connectivity index (χ0n) is 15.5. The van der Waals surface area contributed by atoms with E-state index in [4.69, 9.17) is 9.47 Å². The third-order valence-electron chi connectivity index (χ3n) is 4.50. The second-order valence-corrected chi connectivity index (χ2v) is 8.29. The van der Waals surface area contributed by atoms with Crippen molar-refractivity contribution in [3.63, 3.8) is 0 Å². The van der Waals surface area contributed by atoms with Gasteiger partial charge >= 0.3 is 5.97 Å². The zero-order chi connectivity index (χ0) is 18.9. The number of hydrogen-bond donors (Lipinski definition) is 2. The van der Waals surface area contributed by atoms with Crippen LogP contribution in [0, 0.1) is 5.41 Å². The number of aliphatic carboxylic acids is 1. The molecule has 26 heavy (non-hydrogen) atoms. The van der Waals surface area contributed by atoms with Crippen LogP contribution in [-0.4, -0.2) is 42.8 Å². The fourth-order valence-corrected chi connectivity index (χ4v) is 4.44. The predicted molar refractivity (Wildman–Crippen MR) is 105 cm³/mol. The van der Waals surface area contributed by atoms with Crippen molar-refractivity contribution >= 4 is 29.1 Å². The summed E-state index contributed by atoms with van der Waals surface area (Å²) >= 11 is 1.58. The van der Waals surface area contributed by atoms with Crippen molar-refractivity contribution in [2.24, 2.45) is 10.4 Å². The molecule has 0 aromatic heterocycles. The van der Waals surface area contributed by atoms with Crippen LogP contribution in [0.2, 0.25) is 0 Å². The number of hydrogen-bond acceptors (Lipinski definition) is 6. The first kappa shape index (κ1) is 18.6. The van der Waals surface area contributed by atoms with Gasteiger partial charge in [-0.3, -0.25) is 4.99 Å². The minimum Gasteiger partial charge on any atom is -0.493 e. The average Bonchev–Trinajstić information content (AvgIpc) is 2.60. The van der Waals surface area contributed by atoms with Crippen LogP contribution in [0.25, 0.3) is 0 Å². The summed E-state index contributed by atoms with van der Waals surface area (Å²) in [5.74, 6) is 0.945. The first-order valence-corrected chi connectivity index (χ1v) is 9.46. The number of rotatable bonds is 5. The molecule has 1 atom stereocenters. The summed E-state index contributed by atoms with van der Waals surface area (Å²) in [7, 11) is 3.22. The first-order chi connectivity index (χ1) is 12.3. The van der Waals surface area contributed by atoms with Gasteiger partial charge in [-0.05, 0) is 30.4 Å². The topological polar surface area (TPSA) is 80.2 Å². The van der Waals surface area contributed by atoms with Crippen molar-refractivity contribution in [2.45, 2.75) is 32.7 Å². The Morgan fingerprint density at radius 1 is 1.27 bits per heavy atom. The molecule has 0 amide bonds. The van der Waals surface area contributed by atoms with Gasteiger partial charge in [0.25, 0.3) is 0 Å². The van der Waals surface area contributed by atoms with Gasteiger partial charge in [-0.25, -0.2) is 4.79 Å². The van der Waals surface area contributed by atoms with Crippen LogP contribution in [0.1, 0.15) is 26.7 Å². The summed E-state index contributed by atoms with van der Waals surface area (Å²) in [6, 6.07) is 5.05. The van der Waals surface area contributed by atoms with Gasteiger partial charge in [0.1, 0.15) is 0 Å². The van der Waals surface area contributed by atoms with Crippen molar-refractivity contribution in [2.75, 3.05) is 25.3 Å². The summed E-state index contributed by atoms with van der Waals surface area (Å²) in [6.45, 7) is 4.36. The van der Waals surface area contributed by atoms with Crippen molar-refractivity contribution in [1.82, 2.24) is 0 Å². The van der Waals surface area contributed by atoms with Crippen molar-refractivity contribution in [3.05, 3.63) is 28.8 Å². The number of fused-ring (bicyclic) bond motifs is 1. The molecule has 0 radical (unpaired) electrons. The molecule has 2 N–H and O–H groups in total. The number of thioether (sulfide) groups is 1. The van der Waals surface area contributed by atoms with Gasteiger partial charge in [0.05, 0.1) is 19.9 Å². The van der Waals surface area contributed by atoms with E-state index >= 15 is 0 Å². The van der Waals surface area contributed by atoms with Gasteiger partial charge in [0.2, 0.25) is 0 Å². The number of benzene rings is 1. The summed E-state index contributed by atoms with van der Waals surface area (Å²) < 4.78 is 10.7. The van der Waals surface area contributed by atoms with Crippen LogP contribution in [0.15, 0.2) is 33.8 Å². The Bertz CT molecular complexity index is 786. The number of allylic oxidation sites excluding steroid dienone is 2. The minimum atomic E-state index is -0.859. The second kappa shape index (κ2) is 7.23. The molecular weight excluding hydrogens is 352 g/mol. The number of aliphatic imine (C=N–C) groups is 1. The summed E-state index contributed by atoms with van der Waals surface area (Å²) in [6.07, 6.45) is 1.66. The predicted octanol–water partition coefficient (Wildman–Crippen LogP) is 3.79. The van der Waals surface area contributed by atoms with Gasteiger partial charge in [0.15, 0.2) is 17.5 Å². The summed E-state index contributed by atoms with van der Waals surface area (Å²) in [5, 5.41) is 12.8. The number of carboxylic acids is 1. The minimum absolute atomic E-state index is 0.0160. The number of ether oxygens (including phenoxy) is 2. The number of methoxy groups -OCH3 is 2. The molecule has 1 aromatic rings. The summed E-state index contributed by atoms with van der Waals surface area (Å²) in [4.78, 5) is 16.9. The molecule has 140 valence electrons. The molecule has 0 saturated heterocycles. The maximum Gasteiger partial charge on any atom is 0.329 e. The molecule has 3 rings (SSSR count). The van der Waals surface area contributed by atoms with E-state index in [0.717, 1.165) is 34.8 Å². The Balaban J connectivity index is 1.95. The SMILES string of the molecule is COc1ccc(NC2=C3SCC(C(=O)O)N=C3CC(C)(C)C2)cc1OC. The van der Waals surface area contributed by atoms with Crippen molar-refractivity contribution < 1.29 is 19.4 Å². The third-order valence-corrected chi connectivity index (χ3v) is 5.75. The monoisotopic (exact) mass is 376 g/mol. The van der Waals surface area contributed by atoms with Crippen LogP contribution in [0.3, 0.4) is 0 Å². The van der Waals surface area contributed by atoms with Crippen LogP contribution < -0.4 is 14.8 Å². The maximum absolute atomic E-state index is 11.3. The van der Waals surface area contributed by atoms with E-state index in [1.165, 1.54) is 0 Å². The third kappa shape index (κ3) is 3.82. The van der Waals surface area contributed by atoms with E-state index in [9.17, 15) is 9.90 Å². The Hall–Kier alpha value is -2.15. The number of nitrogens with one attached hydrogen (secondary N) is 1. The fraction of sp³-hybridized carbons (Fsp3) is 0.474. The van der Waals surface area contributed by atoms with Gasteiger partial charge < -0.3 is 19.9 Å².